The molecule has 5 aromatic rings. The van der Waals surface area contributed by atoms with Crippen LogP contribution in [0.5, 0.6) is 5.75 Å². The van der Waals surface area contributed by atoms with Crippen LogP contribution in [0, 0.1) is 0 Å². The highest BCUT2D eigenvalue weighted by Crippen LogP contribution is 2.37. The Bertz CT molecular complexity index is 2570. The number of aryl methyl sites for hydroxylation is 1. The lowest BCUT2D eigenvalue weighted by molar-refractivity contribution is -0.121. The fourth-order valence-corrected chi connectivity index (χ4v) is 7.36. The quantitative estimate of drug-likeness (QED) is 0.0677. The normalized spacial score (nSPS) is 13.6. The lowest BCUT2D eigenvalue weighted by Gasteiger charge is -2.34. The number of pyridine rings is 2. The van der Waals surface area contributed by atoms with E-state index in [4.69, 9.17) is 16.2 Å². The van der Waals surface area contributed by atoms with E-state index in [-0.39, 0.29) is 35.9 Å². The molecule has 2 atom stereocenters. The van der Waals surface area contributed by atoms with E-state index in [2.05, 4.69) is 64.2 Å². The highest BCUT2D eigenvalue weighted by molar-refractivity contribution is 7.97. The summed E-state index contributed by atoms with van der Waals surface area (Å²) in [5, 5.41) is 15.7. The lowest BCUT2D eigenvalue weighted by atomic mass is 10.1. The maximum Gasteiger partial charge on any atom is 0.255 e. The molecule has 0 aliphatic carbocycles. The third-order valence-corrected chi connectivity index (χ3v) is 11.0. The second-order valence-corrected chi connectivity index (χ2v) is 16.8. The summed E-state index contributed by atoms with van der Waals surface area (Å²) in [4.78, 5) is 90.3. The van der Waals surface area contributed by atoms with Gasteiger partial charge in [-0.1, -0.05) is 19.9 Å². The Balaban J connectivity index is 0.000000304. The highest BCUT2D eigenvalue weighted by Gasteiger charge is 2.33. The monoisotopic (exact) mass is 994 g/mol. The maximum atomic E-state index is 12.7. The zero-order valence-electron chi connectivity index (χ0n) is 41.6. The summed E-state index contributed by atoms with van der Waals surface area (Å²) in [6, 6.07) is 14.8. The highest BCUT2D eigenvalue weighted by atomic mass is 32.2. The van der Waals surface area contributed by atoms with Crippen molar-refractivity contribution in [2.24, 2.45) is 18.5 Å². The van der Waals surface area contributed by atoms with Crippen molar-refractivity contribution in [2.75, 3.05) is 82.0 Å². The van der Waals surface area contributed by atoms with Crippen LogP contribution in [-0.4, -0.2) is 149 Å². The molecule has 4 amide bonds. The van der Waals surface area contributed by atoms with Gasteiger partial charge in [-0.3, -0.25) is 23.9 Å². The SMILES string of the molecule is CC.CNC(=O)CCC(C=O)N1Cc2cc(N3CCN(C)CC3)ccc2C1=O.COc1c(Nc2cc(Nc3ccc(C(=O)NC(C=O)CCN)cn3)ncc2C(N)=O)cccc1-c1ncn(C)n1.CSC. The van der Waals surface area contributed by atoms with Crippen LogP contribution in [0.15, 0.2) is 73.3 Å². The van der Waals surface area contributed by atoms with Crippen LogP contribution in [0.2, 0.25) is 0 Å². The Morgan fingerprint density at radius 3 is 2.18 bits per heavy atom. The average molecular weight is 995 g/mol. The second kappa shape index (κ2) is 28.3. The standard InChI is InChI=1S/C26H28N10O4.C19H26N4O3.C2H6S.C2H6/c1-36-14-31-25(35-36)17-4-3-5-19(23(17)40-2)33-20-10-22(30-12-18(20)24(28)38)34-21-7-6-15(11-29-21)26(39)32-16(13-37)8-9-27;1-20-18(25)6-4-16(13-24)23-12-14-11-15(3-5-17(14)19(23)26)22-9-7-21(2)8-10-22;1-3-2;1-2/h3-7,10-14,16H,8-9,27H2,1-2H3,(H2,28,38)(H,32,39)(H2,29,30,33,34);3,5,11,13,16H,4,6-10,12H2,1-2H3,(H,20,25);1-2H3;1-2H3. The Labute approximate surface area is 418 Å². The van der Waals surface area contributed by atoms with Gasteiger partial charge in [0.15, 0.2) is 11.6 Å². The van der Waals surface area contributed by atoms with Gasteiger partial charge in [0.2, 0.25) is 5.91 Å². The van der Waals surface area contributed by atoms with Gasteiger partial charge in [-0.15, -0.1) is 0 Å². The van der Waals surface area contributed by atoms with Crippen molar-refractivity contribution in [1.82, 2.24) is 45.2 Å². The number of nitrogens with zero attached hydrogens (tertiary/aromatic N) is 8. The number of nitrogens with two attached hydrogens (primary N) is 2. The number of carbonyl (C=O) groups excluding carboxylic acids is 6. The molecule has 7 rings (SSSR count). The number of para-hydroxylation sites is 1. The van der Waals surface area contributed by atoms with Crippen LogP contribution < -0.4 is 42.4 Å². The number of benzene rings is 2. The van der Waals surface area contributed by atoms with Gasteiger partial charge in [0.1, 0.15) is 30.5 Å². The summed E-state index contributed by atoms with van der Waals surface area (Å²) in [5.41, 5.74) is 15.8. The largest absolute Gasteiger partial charge is 0.494 e. The minimum Gasteiger partial charge on any atom is -0.494 e. The van der Waals surface area contributed by atoms with Gasteiger partial charge in [0.05, 0.1) is 47.3 Å². The predicted octanol–water partition coefficient (Wildman–Crippen LogP) is 4.01. The number of amides is 4. The number of likely N-dealkylation sites (N-methyl/N-ethyl adjacent to an activating group) is 1. The summed E-state index contributed by atoms with van der Waals surface area (Å²) >= 11 is 1.75. The Kier molecular flexibility index (Phi) is 22.4. The topological polar surface area (TPSA) is 278 Å². The third-order valence-electron chi connectivity index (χ3n) is 11.0. The maximum absolute atomic E-state index is 12.7. The van der Waals surface area contributed by atoms with Crippen LogP contribution in [0.25, 0.3) is 11.4 Å². The molecule has 1 fully saturated rings. The summed E-state index contributed by atoms with van der Waals surface area (Å²) < 4.78 is 7.23. The number of carbonyl (C=O) groups is 6. The summed E-state index contributed by atoms with van der Waals surface area (Å²) in [6.45, 7) is 8.67. The Hall–Kier alpha value is -7.43. The molecule has 2 aliphatic heterocycles. The number of methoxy groups -OCH3 is 1. The number of primary amides is 1. The van der Waals surface area contributed by atoms with Crippen molar-refractivity contribution in [3.8, 4) is 17.1 Å². The number of hydrogen-bond acceptors (Lipinski definition) is 17. The first kappa shape index (κ1) is 56.2. The van der Waals surface area contributed by atoms with E-state index in [1.807, 2.05) is 44.6 Å². The third kappa shape index (κ3) is 15.5. The lowest BCUT2D eigenvalue weighted by Crippen LogP contribution is -2.44. The van der Waals surface area contributed by atoms with Crippen molar-refractivity contribution >= 4 is 76.7 Å². The molecular weight excluding hydrogens is 929 g/mol. The van der Waals surface area contributed by atoms with E-state index in [1.54, 1.807) is 72.1 Å². The van der Waals surface area contributed by atoms with Gasteiger partial charge >= 0.3 is 0 Å². The smallest absolute Gasteiger partial charge is 0.255 e. The van der Waals surface area contributed by atoms with E-state index in [0.29, 0.717) is 71.4 Å². The van der Waals surface area contributed by atoms with Crippen LogP contribution in [0.3, 0.4) is 0 Å². The number of piperazine rings is 1. The van der Waals surface area contributed by atoms with Crippen molar-refractivity contribution in [3.05, 3.63) is 95.6 Å². The Morgan fingerprint density at radius 2 is 1.59 bits per heavy atom. The van der Waals surface area contributed by atoms with E-state index in [9.17, 15) is 28.8 Å². The fraction of sp³-hybridized carbons (Fsp3) is 0.388. The van der Waals surface area contributed by atoms with Crippen molar-refractivity contribution in [3.63, 3.8) is 0 Å². The van der Waals surface area contributed by atoms with Crippen LogP contribution in [0.4, 0.5) is 28.7 Å². The minimum atomic E-state index is -0.681. The van der Waals surface area contributed by atoms with E-state index in [1.165, 1.54) is 19.5 Å². The predicted molar refractivity (Wildman–Crippen MR) is 278 cm³/mol. The number of nitrogens with one attached hydrogen (secondary N) is 4. The number of thioether (sulfide) groups is 1. The van der Waals surface area contributed by atoms with Crippen molar-refractivity contribution in [2.45, 2.75) is 51.7 Å². The summed E-state index contributed by atoms with van der Waals surface area (Å²) in [6.07, 6.45) is 10.7. The van der Waals surface area contributed by atoms with Crippen LogP contribution in [0.1, 0.15) is 69.7 Å². The molecule has 5 heterocycles. The molecule has 0 spiro atoms. The molecular formula is C49H66N14O7S. The molecule has 2 aromatic carbocycles. The van der Waals surface area contributed by atoms with Crippen LogP contribution in [-0.2, 0) is 28.0 Å². The molecule has 21 nitrogen and oxygen atoms in total. The number of anilines is 5. The van der Waals surface area contributed by atoms with E-state index in [0.717, 1.165) is 43.7 Å². The number of rotatable bonds is 18. The van der Waals surface area contributed by atoms with Gasteiger partial charge in [-0.05, 0) is 87.0 Å². The Morgan fingerprint density at radius 1 is 0.873 bits per heavy atom. The second-order valence-electron chi connectivity index (χ2n) is 16.0. The first-order chi connectivity index (χ1) is 34.3. The molecule has 1 saturated heterocycles. The molecule has 0 saturated carbocycles. The molecule has 0 bridgehead atoms. The number of ether oxygens (including phenoxy) is 1. The fourth-order valence-electron chi connectivity index (χ4n) is 7.36. The van der Waals surface area contributed by atoms with Gasteiger partial charge in [-0.25, -0.2) is 15.0 Å². The van der Waals surface area contributed by atoms with Gasteiger partial charge < -0.3 is 61.8 Å². The zero-order valence-corrected chi connectivity index (χ0v) is 42.4. The molecule has 380 valence electrons. The average Bonchev–Trinajstić information content (AvgIpc) is 3.96. The number of fused-ring (bicyclic) bond motifs is 1. The minimum absolute atomic E-state index is 0.126. The van der Waals surface area contributed by atoms with Gasteiger partial charge in [-0.2, -0.15) is 16.9 Å². The number of hydrogen-bond donors (Lipinski definition) is 6. The van der Waals surface area contributed by atoms with Crippen molar-refractivity contribution in [1.29, 1.82) is 0 Å². The van der Waals surface area contributed by atoms with Gasteiger partial charge in [0, 0.05) is 83.0 Å². The zero-order chi connectivity index (χ0) is 52.0. The first-order valence-corrected chi connectivity index (χ1v) is 24.6. The van der Waals surface area contributed by atoms with Crippen molar-refractivity contribution < 1.29 is 33.5 Å². The van der Waals surface area contributed by atoms with E-state index < -0.39 is 23.9 Å². The number of aromatic nitrogens is 5. The molecule has 0 radical (unpaired) electrons. The summed E-state index contributed by atoms with van der Waals surface area (Å²) in [7, 11) is 6.97. The first-order valence-electron chi connectivity index (χ1n) is 23.0. The van der Waals surface area contributed by atoms with Crippen LogP contribution >= 0.6 is 11.8 Å². The van der Waals surface area contributed by atoms with E-state index >= 15 is 0 Å². The molecule has 8 N–H and O–H groups in total. The molecule has 22 heteroatoms. The molecule has 2 unspecified atom stereocenters. The summed E-state index contributed by atoms with van der Waals surface area (Å²) in [5.74, 6) is 0.294. The van der Waals surface area contributed by atoms with Gasteiger partial charge in [0.25, 0.3) is 17.7 Å². The molecule has 71 heavy (non-hydrogen) atoms. The molecule has 3 aromatic heterocycles. The number of aldehydes is 2. The molecule has 2 aliphatic rings.